The van der Waals surface area contributed by atoms with E-state index in [2.05, 4.69) is 21.3 Å². The van der Waals surface area contributed by atoms with Crippen LogP contribution in [0.1, 0.15) is 39.2 Å². The van der Waals surface area contributed by atoms with Crippen LogP contribution in [0.4, 0.5) is 4.79 Å². The fraction of sp³-hybridized carbons (Fsp3) is 0.538. The topological polar surface area (TPSA) is 226 Å². The molecule has 8 N–H and O–H groups in total. The normalized spacial score (nSPS) is 13.1. The monoisotopic (exact) mass is 677 g/mol. The third-order valence-electron chi connectivity index (χ3n) is 5.16. The molecule has 14 nitrogen and oxygen atoms in total. The van der Waals surface area contributed by atoms with E-state index < -0.39 is 60.1 Å². The fourth-order valence-electron chi connectivity index (χ4n) is 3.17. The number of carboxylic acid groups (broad SMARTS) is 2. The molecular weight excluding hydrogens is 637 g/mol. The van der Waals surface area contributed by atoms with Crippen molar-refractivity contribution in [3.8, 4) is 0 Å². The molecule has 0 unspecified atom stereocenters. The van der Waals surface area contributed by atoms with Crippen molar-refractivity contribution in [3.05, 3.63) is 35.9 Å². The van der Waals surface area contributed by atoms with Crippen molar-refractivity contribution in [1.82, 2.24) is 21.3 Å². The molecular formula is C26H39N5O9SSe. The molecule has 234 valence electrons. The molecule has 0 aliphatic rings. The average molecular weight is 677 g/mol. The maximum atomic E-state index is 12.9. The van der Waals surface area contributed by atoms with E-state index in [-0.39, 0.29) is 44.8 Å². The SMILES string of the molecule is CC(C)(C)OC(=O)N[C@@H](Cc1ccccc1)C(=O)NCC[Se]SC[C@H](NC(=O)CC[C@H](N)C(=O)O)C(=O)NCC(=O)O. The number of carbonyl (C=O) groups is 6. The van der Waals surface area contributed by atoms with Gasteiger partial charge in [0, 0.05) is 0 Å². The molecule has 1 rings (SSSR count). The molecule has 0 bridgehead atoms. The molecule has 0 aliphatic carbocycles. The molecule has 3 atom stereocenters. The number of carbonyl (C=O) groups excluding carboxylic acids is 4. The van der Waals surface area contributed by atoms with E-state index in [4.69, 9.17) is 20.7 Å². The predicted octanol–water partition coefficient (Wildman–Crippen LogP) is -0.113. The minimum absolute atomic E-state index is 0.130. The molecule has 4 amide bonds. The van der Waals surface area contributed by atoms with Gasteiger partial charge in [-0.05, 0) is 0 Å². The van der Waals surface area contributed by atoms with E-state index in [1.165, 1.54) is 10.2 Å². The van der Waals surface area contributed by atoms with Crippen LogP contribution in [0.3, 0.4) is 0 Å². The second kappa shape index (κ2) is 19.0. The van der Waals surface area contributed by atoms with E-state index in [0.29, 0.717) is 11.9 Å². The summed E-state index contributed by atoms with van der Waals surface area (Å²) < 4.78 is 5.29. The third kappa shape index (κ3) is 16.8. The van der Waals surface area contributed by atoms with Crippen molar-refractivity contribution in [1.29, 1.82) is 0 Å². The Labute approximate surface area is 253 Å². The first-order valence-electron chi connectivity index (χ1n) is 13.0. The van der Waals surface area contributed by atoms with Crippen LogP contribution in [0, 0.1) is 0 Å². The van der Waals surface area contributed by atoms with Crippen LogP contribution in [-0.4, -0.2) is 102 Å². The molecule has 0 aliphatic heterocycles. The van der Waals surface area contributed by atoms with Gasteiger partial charge < -0.3 is 0 Å². The molecule has 0 aromatic heterocycles. The zero-order chi connectivity index (χ0) is 31.7. The second-order valence-corrected chi connectivity index (χ2v) is 14.6. The molecule has 0 saturated heterocycles. The molecule has 16 heteroatoms. The van der Waals surface area contributed by atoms with Crippen LogP contribution in [0.15, 0.2) is 30.3 Å². The number of amides is 4. The third-order valence-corrected chi connectivity index (χ3v) is 9.34. The summed E-state index contributed by atoms with van der Waals surface area (Å²) in [4.78, 5) is 71.5. The minimum atomic E-state index is -1.25. The number of hydrogen-bond acceptors (Lipinski definition) is 9. The maximum absolute atomic E-state index is 12.9. The fourth-order valence-corrected chi connectivity index (χ4v) is 6.78. The summed E-state index contributed by atoms with van der Waals surface area (Å²) in [6, 6.07) is 6.06. The van der Waals surface area contributed by atoms with Gasteiger partial charge in [0.25, 0.3) is 0 Å². The van der Waals surface area contributed by atoms with Gasteiger partial charge >= 0.3 is 254 Å². The van der Waals surface area contributed by atoms with Gasteiger partial charge in [0.15, 0.2) is 0 Å². The predicted molar refractivity (Wildman–Crippen MR) is 157 cm³/mol. The van der Waals surface area contributed by atoms with Crippen molar-refractivity contribution in [2.24, 2.45) is 5.73 Å². The number of carboxylic acids is 2. The van der Waals surface area contributed by atoms with Gasteiger partial charge in [-0.2, -0.15) is 0 Å². The van der Waals surface area contributed by atoms with Gasteiger partial charge in [0.05, 0.1) is 0 Å². The summed E-state index contributed by atoms with van der Waals surface area (Å²) in [6.45, 7) is 4.83. The first-order chi connectivity index (χ1) is 19.7. The van der Waals surface area contributed by atoms with Gasteiger partial charge in [-0.15, -0.1) is 0 Å². The Morgan fingerprint density at radius 3 is 2.21 bits per heavy atom. The zero-order valence-electron chi connectivity index (χ0n) is 23.7. The first-order valence-corrected chi connectivity index (χ1v) is 17.2. The number of aliphatic carboxylic acids is 2. The van der Waals surface area contributed by atoms with Gasteiger partial charge in [-0.1, -0.05) is 0 Å². The van der Waals surface area contributed by atoms with Crippen molar-refractivity contribution < 1.29 is 43.7 Å². The quantitative estimate of drug-likeness (QED) is 0.0802. The second-order valence-electron chi connectivity index (χ2n) is 10.0. The Bertz CT molecular complexity index is 1070. The van der Waals surface area contributed by atoms with Gasteiger partial charge in [0.2, 0.25) is 0 Å². The average Bonchev–Trinajstić information content (AvgIpc) is 2.90. The summed E-state index contributed by atoms with van der Waals surface area (Å²) in [5.74, 6) is -4.04. The van der Waals surface area contributed by atoms with Crippen molar-refractivity contribution in [2.45, 2.75) is 69.1 Å². The van der Waals surface area contributed by atoms with Crippen LogP contribution in [0.25, 0.3) is 0 Å². The Kier molecular flexibility index (Phi) is 16.6. The number of alkyl carbamates (subject to hydrolysis) is 1. The van der Waals surface area contributed by atoms with Crippen molar-refractivity contribution >= 4 is 59.8 Å². The molecule has 0 heterocycles. The van der Waals surface area contributed by atoms with Crippen LogP contribution < -0.4 is 27.0 Å². The molecule has 1 aromatic carbocycles. The number of nitrogens with two attached hydrogens (primary N) is 1. The summed E-state index contributed by atoms with van der Waals surface area (Å²) >= 11 is -0.136. The zero-order valence-corrected chi connectivity index (χ0v) is 26.2. The van der Waals surface area contributed by atoms with Crippen molar-refractivity contribution in [2.75, 3.05) is 18.8 Å². The van der Waals surface area contributed by atoms with Crippen molar-refractivity contribution in [3.63, 3.8) is 0 Å². The standard InChI is InChI=1S/C26H39N5O9SSe/c1-26(2,3)40-25(39)31-18(13-16-7-5-4-6-8-16)22(35)28-11-12-42-41-15-19(23(36)29-14-21(33)34)30-20(32)10-9-17(27)24(37)38/h4-8,17-19H,9-15,27H2,1-3H3,(H,28,35)(H,29,36)(H,30,32)(H,31,39)(H,33,34)(H,37,38)/t17-,18-,19-/m0/s1. The summed E-state index contributed by atoms with van der Waals surface area (Å²) in [5.41, 5.74) is 5.53. The van der Waals surface area contributed by atoms with Gasteiger partial charge in [0.1, 0.15) is 0 Å². The van der Waals surface area contributed by atoms with E-state index in [9.17, 15) is 28.8 Å². The van der Waals surface area contributed by atoms with E-state index in [0.717, 1.165) is 5.56 Å². The Balaban J connectivity index is 2.62. The number of benzene rings is 1. The summed E-state index contributed by atoms with van der Waals surface area (Å²) in [5, 5.41) is 28.4. The molecule has 1 aromatic rings. The number of hydrogen-bond donors (Lipinski definition) is 7. The molecule has 0 fully saturated rings. The van der Waals surface area contributed by atoms with Crippen LogP contribution >= 0.6 is 10.2 Å². The summed E-state index contributed by atoms with van der Waals surface area (Å²) in [7, 11) is 1.35. The Hall–Kier alpha value is -3.33. The Morgan fingerprint density at radius 2 is 1.62 bits per heavy atom. The molecule has 42 heavy (non-hydrogen) atoms. The number of rotatable bonds is 18. The van der Waals surface area contributed by atoms with Crippen LogP contribution in [0.2, 0.25) is 5.32 Å². The number of ether oxygens (including phenoxy) is 1. The molecule has 0 saturated carbocycles. The van der Waals surface area contributed by atoms with E-state index >= 15 is 0 Å². The first kappa shape index (κ1) is 36.7. The van der Waals surface area contributed by atoms with E-state index in [1.54, 1.807) is 20.8 Å². The van der Waals surface area contributed by atoms with Gasteiger partial charge in [-0.25, -0.2) is 0 Å². The molecule has 0 radical (unpaired) electrons. The summed E-state index contributed by atoms with van der Waals surface area (Å²) in [6.07, 6.45) is -0.803. The molecule has 0 spiro atoms. The van der Waals surface area contributed by atoms with Gasteiger partial charge in [-0.3, -0.25) is 0 Å². The number of nitrogens with one attached hydrogen (secondary N) is 4. The Morgan fingerprint density at radius 1 is 0.976 bits per heavy atom. The van der Waals surface area contributed by atoms with Crippen LogP contribution in [0.5, 0.6) is 0 Å². The van der Waals surface area contributed by atoms with E-state index in [1.807, 2.05) is 30.3 Å². The van der Waals surface area contributed by atoms with Crippen LogP contribution in [-0.2, 0) is 35.1 Å².